The van der Waals surface area contributed by atoms with Crippen molar-refractivity contribution in [1.82, 2.24) is 10.6 Å². The van der Waals surface area contributed by atoms with Gasteiger partial charge in [-0.3, -0.25) is 4.90 Å². The van der Waals surface area contributed by atoms with Gasteiger partial charge >= 0.3 is 12.1 Å². The number of benzene rings is 1. The molecule has 0 saturated carbocycles. The summed E-state index contributed by atoms with van der Waals surface area (Å²) in [7, 11) is 0. The largest absolute Gasteiger partial charge is 0.336 e. The van der Waals surface area contributed by atoms with Crippen LogP contribution in [-0.4, -0.2) is 25.2 Å². The van der Waals surface area contributed by atoms with Gasteiger partial charge in [-0.25, -0.2) is 9.59 Å². The quantitative estimate of drug-likeness (QED) is 0.753. The maximum Gasteiger partial charge on any atom is 0.321 e. The first-order chi connectivity index (χ1) is 12.3. The normalized spacial score (nSPS) is 15.5. The number of anilines is 2. The molecule has 0 bridgehead atoms. The van der Waals surface area contributed by atoms with Crippen molar-refractivity contribution >= 4 is 34.8 Å². The Morgan fingerprint density at radius 3 is 2.69 bits per heavy atom. The standard InChI is InChI=1S/C19H24N4O2S/c1-19(2,3)16(15-8-5-11-26-15)22-17(24)21-13-6-4-7-14(12-13)23-10-9-20-18(23)25/h4-8,11-12,16H,9-10H2,1-3H3,(H,20,25)(H2,21,22,24)/t16-/m1/s1. The van der Waals surface area contributed by atoms with Crippen molar-refractivity contribution in [2.75, 3.05) is 23.3 Å². The molecule has 1 aromatic heterocycles. The lowest BCUT2D eigenvalue weighted by Gasteiger charge is -2.30. The number of urea groups is 2. The van der Waals surface area contributed by atoms with Gasteiger partial charge in [0.25, 0.3) is 0 Å². The first-order valence-corrected chi connectivity index (χ1v) is 9.49. The number of amides is 4. The summed E-state index contributed by atoms with van der Waals surface area (Å²) in [5.74, 6) is 0. The van der Waals surface area contributed by atoms with Gasteiger partial charge in [-0.15, -0.1) is 11.3 Å². The minimum atomic E-state index is -0.263. The molecular weight excluding hydrogens is 348 g/mol. The number of nitrogens with zero attached hydrogens (tertiary/aromatic N) is 1. The van der Waals surface area contributed by atoms with Crippen LogP contribution in [0.3, 0.4) is 0 Å². The average Bonchev–Trinajstić information content (AvgIpc) is 3.23. The number of carbonyl (C=O) groups is 2. The molecule has 0 aliphatic carbocycles. The molecule has 2 aromatic rings. The van der Waals surface area contributed by atoms with E-state index in [0.717, 1.165) is 10.6 Å². The molecule has 1 aliphatic rings. The molecule has 3 N–H and O–H groups in total. The second-order valence-electron chi connectivity index (χ2n) is 7.35. The lowest BCUT2D eigenvalue weighted by atomic mass is 9.86. The summed E-state index contributed by atoms with van der Waals surface area (Å²) in [6, 6.07) is 10.9. The van der Waals surface area contributed by atoms with Gasteiger partial charge in [-0.1, -0.05) is 32.9 Å². The van der Waals surface area contributed by atoms with Crippen LogP contribution in [0.25, 0.3) is 0 Å². The maximum atomic E-state index is 12.6. The van der Waals surface area contributed by atoms with Crippen LogP contribution in [0.1, 0.15) is 31.7 Å². The van der Waals surface area contributed by atoms with E-state index in [-0.39, 0.29) is 23.5 Å². The van der Waals surface area contributed by atoms with Crippen LogP contribution < -0.4 is 20.9 Å². The summed E-state index contributed by atoms with van der Waals surface area (Å²) in [6.45, 7) is 7.56. The minimum absolute atomic E-state index is 0.0879. The summed E-state index contributed by atoms with van der Waals surface area (Å²) in [5, 5.41) is 10.7. The first kappa shape index (κ1) is 18.3. The Bertz CT molecular complexity index is 783. The van der Waals surface area contributed by atoms with Crippen LogP contribution >= 0.6 is 11.3 Å². The number of carbonyl (C=O) groups excluding carboxylic acids is 2. The number of hydrogen-bond donors (Lipinski definition) is 3. The average molecular weight is 372 g/mol. The molecule has 1 aromatic carbocycles. The molecule has 26 heavy (non-hydrogen) atoms. The second kappa shape index (κ2) is 7.37. The van der Waals surface area contributed by atoms with Crippen LogP contribution in [0.15, 0.2) is 41.8 Å². The third kappa shape index (κ3) is 4.16. The molecule has 0 radical (unpaired) electrons. The predicted octanol–water partition coefficient (Wildman–Crippen LogP) is 4.19. The van der Waals surface area contributed by atoms with Crippen LogP contribution in [0.5, 0.6) is 0 Å². The molecule has 138 valence electrons. The van der Waals surface area contributed by atoms with E-state index in [0.29, 0.717) is 18.8 Å². The van der Waals surface area contributed by atoms with Gasteiger partial charge in [0.2, 0.25) is 0 Å². The highest BCUT2D eigenvalue weighted by Gasteiger charge is 2.28. The van der Waals surface area contributed by atoms with Crippen molar-refractivity contribution in [3.63, 3.8) is 0 Å². The van der Waals surface area contributed by atoms with E-state index >= 15 is 0 Å². The monoisotopic (exact) mass is 372 g/mol. The Labute approximate surface area is 157 Å². The molecule has 3 rings (SSSR count). The van der Waals surface area contributed by atoms with Crippen molar-refractivity contribution < 1.29 is 9.59 Å². The predicted molar refractivity (Wildman–Crippen MR) is 106 cm³/mol. The zero-order chi connectivity index (χ0) is 18.7. The van der Waals surface area contributed by atoms with E-state index in [1.807, 2.05) is 41.8 Å². The molecule has 0 unspecified atom stereocenters. The molecule has 1 fully saturated rings. The lowest BCUT2D eigenvalue weighted by molar-refractivity contribution is 0.230. The lowest BCUT2D eigenvalue weighted by Crippen LogP contribution is -2.38. The van der Waals surface area contributed by atoms with Crippen LogP contribution in [0.2, 0.25) is 0 Å². The topological polar surface area (TPSA) is 73.5 Å². The van der Waals surface area contributed by atoms with Crippen molar-refractivity contribution in [3.8, 4) is 0 Å². The van der Waals surface area contributed by atoms with Gasteiger partial charge in [0, 0.05) is 29.3 Å². The van der Waals surface area contributed by atoms with Crippen LogP contribution in [0.4, 0.5) is 21.0 Å². The van der Waals surface area contributed by atoms with Gasteiger partial charge in [0.15, 0.2) is 0 Å². The molecule has 1 atom stereocenters. The fourth-order valence-corrected chi connectivity index (χ4v) is 3.96. The summed E-state index contributed by atoms with van der Waals surface area (Å²) in [6.07, 6.45) is 0. The SMILES string of the molecule is CC(C)(C)[C@H](NC(=O)Nc1cccc(N2CCNC2=O)c1)c1cccs1. The van der Waals surface area contributed by atoms with E-state index < -0.39 is 0 Å². The summed E-state index contributed by atoms with van der Waals surface area (Å²) >= 11 is 1.63. The maximum absolute atomic E-state index is 12.6. The van der Waals surface area contributed by atoms with E-state index in [2.05, 4.69) is 36.7 Å². The van der Waals surface area contributed by atoms with Crippen molar-refractivity contribution in [3.05, 3.63) is 46.7 Å². The smallest absolute Gasteiger partial charge is 0.321 e. The minimum Gasteiger partial charge on any atom is -0.336 e. The molecule has 1 aliphatic heterocycles. The molecular formula is C19H24N4O2S. The zero-order valence-corrected chi connectivity index (χ0v) is 16.0. The summed E-state index contributed by atoms with van der Waals surface area (Å²) in [4.78, 5) is 27.1. The van der Waals surface area contributed by atoms with E-state index in [1.165, 1.54) is 0 Å². The Kier molecular flexibility index (Phi) is 5.18. The molecule has 1 saturated heterocycles. The van der Waals surface area contributed by atoms with Gasteiger partial charge in [-0.2, -0.15) is 0 Å². The van der Waals surface area contributed by atoms with Crippen LogP contribution in [-0.2, 0) is 0 Å². The van der Waals surface area contributed by atoms with Gasteiger partial charge < -0.3 is 16.0 Å². The van der Waals surface area contributed by atoms with E-state index in [1.54, 1.807) is 16.2 Å². The highest BCUT2D eigenvalue weighted by atomic mass is 32.1. The zero-order valence-electron chi connectivity index (χ0n) is 15.2. The van der Waals surface area contributed by atoms with Gasteiger partial charge in [0.1, 0.15) is 0 Å². The Hall–Kier alpha value is -2.54. The number of hydrogen-bond acceptors (Lipinski definition) is 3. The Balaban J connectivity index is 1.70. The fraction of sp³-hybridized carbons (Fsp3) is 0.368. The summed E-state index contributed by atoms with van der Waals surface area (Å²) in [5.41, 5.74) is 1.31. The second-order valence-corrected chi connectivity index (χ2v) is 8.33. The highest BCUT2D eigenvalue weighted by molar-refractivity contribution is 7.10. The number of rotatable bonds is 4. The summed E-state index contributed by atoms with van der Waals surface area (Å²) < 4.78 is 0. The molecule has 2 heterocycles. The molecule has 4 amide bonds. The first-order valence-electron chi connectivity index (χ1n) is 8.61. The third-order valence-electron chi connectivity index (χ3n) is 4.24. The van der Waals surface area contributed by atoms with Crippen molar-refractivity contribution in [2.45, 2.75) is 26.8 Å². The van der Waals surface area contributed by atoms with Crippen molar-refractivity contribution in [1.29, 1.82) is 0 Å². The van der Waals surface area contributed by atoms with Gasteiger partial charge in [-0.05, 0) is 35.1 Å². The van der Waals surface area contributed by atoms with Crippen LogP contribution in [0, 0.1) is 5.41 Å². The number of thiophene rings is 1. The van der Waals surface area contributed by atoms with E-state index in [4.69, 9.17) is 0 Å². The highest BCUT2D eigenvalue weighted by Crippen LogP contribution is 2.35. The molecule has 0 spiro atoms. The third-order valence-corrected chi connectivity index (χ3v) is 5.18. The van der Waals surface area contributed by atoms with Crippen molar-refractivity contribution in [2.24, 2.45) is 5.41 Å². The molecule has 7 heteroatoms. The fourth-order valence-electron chi connectivity index (χ4n) is 2.94. The number of nitrogens with one attached hydrogen (secondary N) is 3. The van der Waals surface area contributed by atoms with E-state index in [9.17, 15) is 9.59 Å². The van der Waals surface area contributed by atoms with Gasteiger partial charge in [0.05, 0.1) is 6.04 Å². The molecule has 6 nitrogen and oxygen atoms in total. The Morgan fingerprint density at radius 2 is 2.08 bits per heavy atom. The Morgan fingerprint density at radius 1 is 1.27 bits per heavy atom.